The van der Waals surface area contributed by atoms with Gasteiger partial charge in [-0.05, 0) is 17.7 Å². The summed E-state index contributed by atoms with van der Waals surface area (Å²) < 4.78 is 6.08. The number of phenolic OH excluding ortho intramolecular Hbond substituents is 1. The second-order valence-corrected chi connectivity index (χ2v) is 7.47. The van der Waals surface area contributed by atoms with Gasteiger partial charge in [0.05, 0.1) is 0 Å². The van der Waals surface area contributed by atoms with E-state index in [0.29, 0.717) is 18.1 Å². The average Bonchev–Trinajstić information content (AvgIpc) is 2.78. The number of carbonyl (C=O) groups excluding carboxylic acids is 1. The van der Waals surface area contributed by atoms with Gasteiger partial charge in [0.1, 0.15) is 11.8 Å². The lowest BCUT2D eigenvalue weighted by Crippen LogP contribution is -3.04. The van der Waals surface area contributed by atoms with Crippen LogP contribution in [-0.4, -0.2) is 23.6 Å². The Morgan fingerprint density at radius 1 is 1.09 bits per heavy atom. The number of hydrogen-bond donors (Lipinski definition) is 2. The monoisotopic (exact) mass is 301 g/mol. The van der Waals surface area contributed by atoms with Crippen molar-refractivity contribution in [3.8, 4) is 5.75 Å². The van der Waals surface area contributed by atoms with Crippen LogP contribution in [0, 0.1) is 0 Å². The number of quaternary nitrogens is 1. The van der Waals surface area contributed by atoms with Gasteiger partial charge in [0.25, 0.3) is 0 Å². The highest BCUT2D eigenvalue weighted by atomic mass is 16.5. The molecule has 1 aromatic rings. The molecule has 22 heavy (non-hydrogen) atoms. The zero-order valence-corrected chi connectivity index (χ0v) is 12.9. The van der Waals surface area contributed by atoms with E-state index >= 15 is 0 Å². The SMILES string of the molecule is O=C1O[B-]2([NH2+][C@H]1Cc1ccc(O)cc1)C1CCCC2CCC1. The quantitative estimate of drug-likeness (QED) is 0.821. The van der Waals surface area contributed by atoms with Gasteiger partial charge in [-0.3, -0.25) is 4.79 Å². The van der Waals surface area contributed by atoms with E-state index in [1.54, 1.807) is 12.1 Å². The first-order valence-corrected chi connectivity index (χ1v) is 8.71. The fraction of sp³-hybridized carbons (Fsp3) is 0.588. The lowest BCUT2D eigenvalue weighted by atomic mass is 9.28. The van der Waals surface area contributed by atoms with Gasteiger partial charge in [0, 0.05) is 6.42 Å². The number of benzene rings is 1. The predicted octanol–water partition coefficient (Wildman–Crippen LogP) is 1.97. The molecule has 4 rings (SSSR count). The molecule has 1 atom stereocenters. The topological polar surface area (TPSA) is 63.1 Å². The lowest BCUT2D eigenvalue weighted by Gasteiger charge is -2.50. The standard InChI is InChI=1S/C17H24BNO3/c20-15-9-7-12(8-10-15)11-16-17(21)22-18(19-16)13-3-1-4-14(18)6-2-5-13/h7-10,13-14,16,20H,1-6,11,19H2/t13?,14?,16-,18?/m0/s1. The third-order valence-corrected chi connectivity index (χ3v) is 6.32. The van der Waals surface area contributed by atoms with Crippen LogP contribution in [0.3, 0.4) is 0 Å². The summed E-state index contributed by atoms with van der Waals surface area (Å²) in [6, 6.07) is 7.06. The molecule has 5 heteroatoms. The lowest BCUT2D eigenvalue weighted by molar-refractivity contribution is -0.559. The van der Waals surface area contributed by atoms with Gasteiger partial charge in [-0.15, -0.1) is 0 Å². The molecule has 1 aromatic carbocycles. The van der Waals surface area contributed by atoms with Crippen LogP contribution in [-0.2, 0) is 15.9 Å². The molecule has 0 amide bonds. The van der Waals surface area contributed by atoms with E-state index in [1.165, 1.54) is 38.5 Å². The van der Waals surface area contributed by atoms with E-state index in [2.05, 4.69) is 5.23 Å². The van der Waals surface area contributed by atoms with Crippen molar-refractivity contribution in [2.45, 2.75) is 62.6 Å². The Hall–Kier alpha value is -1.49. The third kappa shape index (κ3) is 2.23. The molecule has 3 saturated heterocycles. The minimum absolute atomic E-state index is 0.0214. The molecule has 0 unspecified atom stereocenters. The van der Waals surface area contributed by atoms with Crippen LogP contribution in [0.2, 0.25) is 11.6 Å². The molecule has 3 heterocycles. The number of nitrogens with two attached hydrogens (primary N) is 1. The first-order chi connectivity index (χ1) is 10.7. The van der Waals surface area contributed by atoms with Crippen LogP contribution < -0.4 is 5.23 Å². The fourth-order valence-electron chi connectivity index (χ4n) is 5.31. The smallest absolute Gasteiger partial charge is 0.389 e. The van der Waals surface area contributed by atoms with E-state index in [9.17, 15) is 9.90 Å². The highest BCUT2D eigenvalue weighted by Gasteiger charge is 2.59. The molecule has 4 nitrogen and oxygen atoms in total. The van der Waals surface area contributed by atoms with Crippen molar-refractivity contribution in [3.05, 3.63) is 29.8 Å². The van der Waals surface area contributed by atoms with Gasteiger partial charge in [0.15, 0.2) is 0 Å². The van der Waals surface area contributed by atoms with E-state index in [1.807, 2.05) is 12.1 Å². The van der Waals surface area contributed by atoms with Crippen molar-refractivity contribution >= 4 is 12.5 Å². The van der Waals surface area contributed by atoms with Crippen molar-refractivity contribution in [2.24, 2.45) is 0 Å². The molecule has 3 fully saturated rings. The first-order valence-electron chi connectivity index (χ1n) is 8.71. The maximum atomic E-state index is 12.5. The van der Waals surface area contributed by atoms with Crippen molar-refractivity contribution < 1.29 is 19.8 Å². The maximum absolute atomic E-state index is 12.5. The summed E-state index contributed by atoms with van der Waals surface area (Å²) >= 11 is 0. The molecule has 2 bridgehead atoms. The molecule has 3 aliphatic rings. The molecule has 0 aromatic heterocycles. The van der Waals surface area contributed by atoms with Crippen LogP contribution in [0.25, 0.3) is 0 Å². The third-order valence-electron chi connectivity index (χ3n) is 6.32. The number of hydrogen-bond acceptors (Lipinski definition) is 3. The first kappa shape index (κ1) is 14.1. The van der Waals surface area contributed by atoms with Gasteiger partial charge in [-0.25, -0.2) is 0 Å². The summed E-state index contributed by atoms with van der Waals surface area (Å²) in [4.78, 5) is 12.5. The predicted molar refractivity (Wildman–Crippen MR) is 84.6 cm³/mol. The molecule has 0 aliphatic carbocycles. The number of phenols is 1. The van der Waals surface area contributed by atoms with E-state index in [4.69, 9.17) is 4.65 Å². The second-order valence-electron chi connectivity index (χ2n) is 7.47. The number of carbonyl (C=O) groups is 1. The summed E-state index contributed by atoms with van der Waals surface area (Å²) in [5.74, 6) is 1.44. The van der Waals surface area contributed by atoms with Crippen LogP contribution >= 0.6 is 0 Å². The highest BCUT2D eigenvalue weighted by Crippen LogP contribution is 2.51. The van der Waals surface area contributed by atoms with Crippen LogP contribution in [0.4, 0.5) is 0 Å². The van der Waals surface area contributed by atoms with E-state index < -0.39 is 6.48 Å². The summed E-state index contributed by atoms with van der Waals surface area (Å²) in [7, 11) is 0. The molecular formula is C17H24BNO3. The van der Waals surface area contributed by atoms with Crippen LogP contribution in [0.15, 0.2) is 24.3 Å². The summed E-state index contributed by atoms with van der Waals surface area (Å²) in [6.45, 7) is -1.04. The summed E-state index contributed by atoms with van der Waals surface area (Å²) in [5, 5.41) is 11.7. The number of aromatic hydroxyl groups is 1. The Morgan fingerprint density at radius 2 is 1.68 bits per heavy atom. The van der Waals surface area contributed by atoms with Gasteiger partial charge < -0.3 is 15.0 Å². The maximum Gasteiger partial charge on any atom is 0.389 e. The Morgan fingerprint density at radius 3 is 2.27 bits per heavy atom. The zero-order chi connectivity index (χ0) is 15.2. The molecule has 0 radical (unpaired) electrons. The molecule has 3 aliphatic heterocycles. The minimum Gasteiger partial charge on any atom is -0.634 e. The van der Waals surface area contributed by atoms with Crippen molar-refractivity contribution in [1.82, 2.24) is 0 Å². The molecule has 1 spiro atoms. The second kappa shape index (κ2) is 5.30. The van der Waals surface area contributed by atoms with Crippen LogP contribution in [0.1, 0.15) is 44.1 Å². The average molecular weight is 301 g/mol. The van der Waals surface area contributed by atoms with Crippen LogP contribution in [0.5, 0.6) is 5.75 Å². The molecule has 0 saturated carbocycles. The normalized spacial score (nSPS) is 37.3. The molecule has 118 valence electrons. The van der Waals surface area contributed by atoms with Crippen molar-refractivity contribution in [1.29, 1.82) is 0 Å². The van der Waals surface area contributed by atoms with Gasteiger partial charge >= 0.3 is 12.5 Å². The van der Waals surface area contributed by atoms with E-state index in [0.717, 1.165) is 5.56 Å². The minimum atomic E-state index is -1.04. The Bertz CT molecular complexity index is 552. The largest absolute Gasteiger partial charge is 0.634 e. The fourth-order valence-corrected chi connectivity index (χ4v) is 5.31. The Balaban J connectivity index is 1.54. The van der Waals surface area contributed by atoms with Crippen molar-refractivity contribution in [2.75, 3.05) is 0 Å². The summed E-state index contributed by atoms with van der Waals surface area (Å²) in [6.07, 6.45) is 8.21. The van der Waals surface area contributed by atoms with Gasteiger partial charge in [-0.1, -0.05) is 62.3 Å². The number of rotatable bonds is 2. The zero-order valence-electron chi connectivity index (χ0n) is 12.9. The Kier molecular flexibility index (Phi) is 3.41. The van der Waals surface area contributed by atoms with Crippen molar-refractivity contribution in [3.63, 3.8) is 0 Å². The van der Waals surface area contributed by atoms with Gasteiger partial charge in [-0.2, -0.15) is 0 Å². The van der Waals surface area contributed by atoms with E-state index in [-0.39, 0.29) is 17.8 Å². The highest BCUT2D eigenvalue weighted by molar-refractivity contribution is 6.71. The van der Waals surface area contributed by atoms with Gasteiger partial charge in [0.2, 0.25) is 0 Å². The Labute approximate surface area is 131 Å². The molecular weight excluding hydrogens is 277 g/mol. The summed E-state index contributed by atoms with van der Waals surface area (Å²) in [5.41, 5.74) is 1.09. The molecule has 3 N–H and O–H groups in total.